The number of nitrogens with one attached hydrogen (secondary N) is 1. The molecule has 1 unspecified atom stereocenters. The van der Waals surface area contributed by atoms with E-state index in [0.29, 0.717) is 13.2 Å². The van der Waals surface area contributed by atoms with Crippen LogP contribution in [0.15, 0.2) is 48.5 Å². The molecule has 0 amide bonds. The second-order valence-electron chi connectivity index (χ2n) is 4.76. The normalized spacial score (nSPS) is 11.5. The van der Waals surface area contributed by atoms with Gasteiger partial charge in [0.25, 0.3) is 0 Å². The van der Waals surface area contributed by atoms with Crippen molar-refractivity contribution in [2.24, 2.45) is 0 Å². The molecule has 0 aromatic heterocycles. The fraction of sp³-hybridized carbons (Fsp3) is 0.278. The Morgan fingerprint density at radius 2 is 2.00 bits per heavy atom. The van der Waals surface area contributed by atoms with E-state index in [9.17, 15) is 5.26 Å². The van der Waals surface area contributed by atoms with E-state index < -0.39 is 6.04 Å². The van der Waals surface area contributed by atoms with Crippen molar-refractivity contribution in [2.75, 3.05) is 13.7 Å². The smallest absolute Gasteiger partial charge is 0.123 e. The molecule has 22 heavy (non-hydrogen) atoms. The van der Waals surface area contributed by atoms with Gasteiger partial charge in [-0.1, -0.05) is 30.3 Å². The number of benzene rings is 2. The van der Waals surface area contributed by atoms with Gasteiger partial charge in [-0.05, 0) is 30.7 Å². The Balaban J connectivity index is 2.09. The SMILES string of the molecule is CCOc1cccc(C(C#N)NCc2ccccc2OC)c1. The number of ether oxygens (including phenoxy) is 2. The van der Waals surface area contributed by atoms with Crippen molar-refractivity contribution in [2.45, 2.75) is 19.5 Å². The highest BCUT2D eigenvalue weighted by Gasteiger charge is 2.12. The molecule has 0 heterocycles. The summed E-state index contributed by atoms with van der Waals surface area (Å²) in [6, 6.07) is 17.3. The fourth-order valence-electron chi connectivity index (χ4n) is 2.25. The van der Waals surface area contributed by atoms with Gasteiger partial charge in [-0.15, -0.1) is 0 Å². The van der Waals surface area contributed by atoms with E-state index in [1.165, 1.54) is 0 Å². The number of methoxy groups -OCH3 is 1. The van der Waals surface area contributed by atoms with Crippen molar-refractivity contribution in [3.8, 4) is 17.6 Å². The van der Waals surface area contributed by atoms with E-state index in [1.54, 1.807) is 7.11 Å². The lowest BCUT2D eigenvalue weighted by Gasteiger charge is -2.15. The summed E-state index contributed by atoms with van der Waals surface area (Å²) in [6.07, 6.45) is 0. The van der Waals surface area contributed by atoms with Crippen molar-refractivity contribution < 1.29 is 9.47 Å². The Morgan fingerprint density at radius 3 is 2.73 bits per heavy atom. The average molecular weight is 296 g/mol. The average Bonchev–Trinajstić information content (AvgIpc) is 2.56. The third kappa shape index (κ3) is 4.00. The minimum atomic E-state index is -0.398. The molecule has 2 aromatic carbocycles. The minimum Gasteiger partial charge on any atom is -0.496 e. The summed E-state index contributed by atoms with van der Waals surface area (Å²) < 4.78 is 10.8. The first-order chi connectivity index (χ1) is 10.8. The first kappa shape index (κ1) is 15.9. The first-order valence-electron chi connectivity index (χ1n) is 7.26. The summed E-state index contributed by atoms with van der Waals surface area (Å²) >= 11 is 0. The number of hydrogen-bond donors (Lipinski definition) is 1. The van der Waals surface area contributed by atoms with Crippen LogP contribution >= 0.6 is 0 Å². The van der Waals surface area contributed by atoms with Crippen LogP contribution in [0.25, 0.3) is 0 Å². The van der Waals surface area contributed by atoms with E-state index in [4.69, 9.17) is 9.47 Å². The molecule has 4 nitrogen and oxygen atoms in total. The number of para-hydroxylation sites is 1. The molecular formula is C18H20N2O2. The lowest BCUT2D eigenvalue weighted by atomic mass is 10.1. The van der Waals surface area contributed by atoms with E-state index in [1.807, 2.05) is 55.5 Å². The highest BCUT2D eigenvalue weighted by molar-refractivity contribution is 5.35. The topological polar surface area (TPSA) is 54.3 Å². The van der Waals surface area contributed by atoms with Crippen molar-refractivity contribution in [1.29, 1.82) is 5.26 Å². The maximum Gasteiger partial charge on any atom is 0.123 e. The van der Waals surface area contributed by atoms with E-state index in [2.05, 4.69) is 11.4 Å². The van der Waals surface area contributed by atoms with Crippen LogP contribution in [0.5, 0.6) is 11.5 Å². The highest BCUT2D eigenvalue weighted by Crippen LogP contribution is 2.21. The summed E-state index contributed by atoms with van der Waals surface area (Å²) in [6.45, 7) is 3.10. The number of nitriles is 1. The molecule has 114 valence electrons. The lowest BCUT2D eigenvalue weighted by molar-refractivity contribution is 0.339. The van der Waals surface area contributed by atoms with E-state index in [0.717, 1.165) is 22.6 Å². The number of nitrogens with zero attached hydrogens (tertiary/aromatic N) is 1. The Hall–Kier alpha value is -2.51. The second-order valence-corrected chi connectivity index (χ2v) is 4.76. The van der Waals surface area contributed by atoms with Crippen molar-refractivity contribution in [1.82, 2.24) is 5.32 Å². The monoisotopic (exact) mass is 296 g/mol. The maximum atomic E-state index is 9.42. The first-order valence-corrected chi connectivity index (χ1v) is 7.26. The zero-order valence-electron chi connectivity index (χ0n) is 12.9. The van der Waals surface area contributed by atoms with Gasteiger partial charge in [0.2, 0.25) is 0 Å². The lowest BCUT2D eigenvalue weighted by Crippen LogP contribution is -2.19. The van der Waals surface area contributed by atoms with Gasteiger partial charge in [-0.2, -0.15) is 5.26 Å². The third-order valence-corrected chi connectivity index (χ3v) is 3.32. The molecule has 0 aliphatic heterocycles. The standard InChI is InChI=1S/C18H20N2O2/c1-3-22-16-9-6-8-14(11-16)17(12-19)20-13-15-7-4-5-10-18(15)21-2/h4-11,17,20H,3,13H2,1-2H3. The molecule has 1 atom stereocenters. The molecule has 4 heteroatoms. The van der Waals surface area contributed by atoms with Gasteiger partial charge in [0.1, 0.15) is 17.5 Å². The predicted molar refractivity (Wildman–Crippen MR) is 85.8 cm³/mol. The third-order valence-electron chi connectivity index (χ3n) is 3.32. The Bertz CT molecular complexity index is 650. The van der Waals surface area contributed by atoms with Gasteiger partial charge in [0.05, 0.1) is 19.8 Å². The second kappa shape index (κ2) is 8.06. The van der Waals surface area contributed by atoms with Gasteiger partial charge in [0, 0.05) is 12.1 Å². The van der Waals surface area contributed by atoms with Gasteiger partial charge in [0.15, 0.2) is 0 Å². The van der Waals surface area contributed by atoms with Crippen molar-refractivity contribution in [3.05, 3.63) is 59.7 Å². The zero-order chi connectivity index (χ0) is 15.8. The van der Waals surface area contributed by atoms with Crippen LogP contribution in [-0.4, -0.2) is 13.7 Å². The molecule has 0 aliphatic carbocycles. The summed E-state index contributed by atoms with van der Waals surface area (Å²) in [5.41, 5.74) is 1.91. The molecule has 0 bridgehead atoms. The van der Waals surface area contributed by atoms with Gasteiger partial charge < -0.3 is 9.47 Å². The number of hydrogen-bond acceptors (Lipinski definition) is 4. The molecule has 0 radical (unpaired) electrons. The van der Waals surface area contributed by atoms with Crippen molar-refractivity contribution in [3.63, 3.8) is 0 Å². The van der Waals surface area contributed by atoms with Crippen LogP contribution in [0.4, 0.5) is 0 Å². The predicted octanol–water partition coefficient (Wildman–Crippen LogP) is 3.45. The molecule has 0 spiro atoms. The molecule has 2 aromatic rings. The minimum absolute atomic E-state index is 0.398. The fourth-order valence-corrected chi connectivity index (χ4v) is 2.25. The van der Waals surface area contributed by atoms with Crippen LogP contribution in [-0.2, 0) is 6.54 Å². The molecular weight excluding hydrogens is 276 g/mol. The Labute approximate surface area is 131 Å². The molecule has 2 rings (SSSR count). The maximum absolute atomic E-state index is 9.42. The quantitative estimate of drug-likeness (QED) is 0.850. The van der Waals surface area contributed by atoms with Crippen LogP contribution in [0, 0.1) is 11.3 Å². The van der Waals surface area contributed by atoms with Crippen LogP contribution in [0.1, 0.15) is 24.1 Å². The Morgan fingerprint density at radius 1 is 1.18 bits per heavy atom. The van der Waals surface area contributed by atoms with Crippen LogP contribution in [0.2, 0.25) is 0 Å². The summed E-state index contributed by atoms with van der Waals surface area (Å²) in [4.78, 5) is 0. The molecule has 0 saturated heterocycles. The Kier molecular flexibility index (Phi) is 5.81. The van der Waals surface area contributed by atoms with Gasteiger partial charge in [-0.3, -0.25) is 5.32 Å². The van der Waals surface area contributed by atoms with Crippen LogP contribution in [0.3, 0.4) is 0 Å². The molecule has 1 N–H and O–H groups in total. The number of rotatable bonds is 7. The van der Waals surface area contributed by atoms with E-state index >= 15 is 0 Å². The highest BCUT2D eigenvalue weighted by atomic mass is 16.5. The summed E-state index contributed by atoms with van der Waals surface area (Å²) in [7, 11) is 1.65. The zero-order valence-corrected chi connectivity index (χ0v) is 12.9. The molecule has 0 aliphatic rings. The molecule has 0 saturated carbocycles. The van der Waals surface area contributed by atoms with Gasteiger partial charge in [-0.25, -0.2) is 0 Å². The van der Waals surface area contributed by atoms with Gasteiger partial charge >= 0.3 is 0 Å². The van der Waals surface area contributed by atoms with Crippen LogP contribution < -0.4 is 14.8 Å². The van der Waals surface area contributed by atoms with E-state index in [-0.39, 0.29) is 0 Å². The van der Waals surface area contributed by atoms with Crippen molar-refractivity contribution >= 4 is 0 Å². The largest absolute Gasteiger partial charge is 0.496 e. The molecule has 0 fully saturated rings. The summed E-state index contributed by atoms with van der Waals surface area (Å²) in [5, 5.41) is 12.7. The summed E-state index contributed by atoms with van der Waals surface area (Å²) in [5.74, 6) is 1.59.